The van der Waals surface area contributed by atoms with Crippen molar-refractivity contribution in [3.63, 3.8) is 0 Å². The lowest BCUT2D eigenvalue weighted by molar-refractivity contribution is -0.131. The highest BCUT2D eigenvalue weighted by Crippen LogP contribution is 2.33. The molecule has 3 heterocycles. The third kappa shape index (κ3) is 4.56. The molecular weight excluding hydrogens is 422 g/mol. The van der Waals surface area contributed by atoms with E-state index < -0.39 is 0 Å². The molecule has 0 radical (unpaired) electrons. The quantitative estimate of drug-likeness (QED) is 0.428. The number of para-hydroxylation sites is 1. The van der Waals surface area contributed by atoms with E-state index in [0.29, 0.717) is 12.5 Å². The molecule has 2 atom stereocenters. The summed E-state index contributed by atoms with van der Waals surface area (Å²) >= 11 is 3.49. The number of amides is 1. The molecule has 1 aliphatic heterocycles. The maximum atomic E-state index is 13.1. The standard InChI is InChI=1S/C25H25N3OS2/c29-23(16-26-24(22-13-7-15-30-22)18-8-2-1-3-9-18)28-14-6-10-19(17-28)25-27-20-11-4-5-12-21(20)31-25/h1-5,7-9,11-13,15,19,24,26H,6,10,14,16-17H2/t19-,24-/m0/s1. The van der Waals surface area contributed by atoms with Gasteiger partial charge in [0.25, 0.3) is 0 Å². The van der Waals surface area contributed by atoms with Crippen molar-refractivity contribution in [2.45, 2.75) is 24.8 Å². The van der Waals surface area contributed by atoms with Crippen LogP contribution in [0.2, 0.25) is 0 Å². The van der Waals surface area contributed by atoms with E-state index in [-0.39, 0.29) is 11.9 Å². The number of carbonyl (C=O) groups excluding carboxylic acids is 1. The Balaban J connectivity index is 1.26. The lowest BCUT2D eigenvalue weighted by Gasteiger charge is -2.32. The van der Waals surface area contributed by atoms with Crippen LogP contribution in [0.25, 0.3) is 10.2 Å². The molecule has 2 aromatic carbocycles. The van der Waals surface area contributed by atoms with Crippen molar-refractivity contribution >= 4 is 38.8 Å². The molecule has 0 saturated carbocycles. The van der Waals surface area contributed by atoms with E-state index in [4.69, 9.17) is 4.98 Å². The molecule has 6 heteroatoms. The summed E-state index contributed by atoms with van der Waals surface area (Å²) in [5.74, 6) is 0.501. The van der Waals surface area contributed by atoms with Gasteiger partial charge >= 0.3 is 0 Å². The third-order valence-electron chi connectivity index (χ3n) is 5.85. The van der Waals surface area contributed by atoms with E-state index in [0.717, 1.165) is 36.5 Å². The minimum atomic E-state index is 0.0370. The van der Waals surface area contributed by atoms with Crippen LogP contribution < -0.4 is 5.32 Å². The van der Waals surface area contributed by atoms with Gasteiger partial charge in [0.1, 0.15) is 0 Å². The van der Waals surface area contributed by atoms with Crippen LogP contribution >= 0.6 is 22.7 Å². The second kappa shape index (κ2) is 9.30. The summed E-state index contributed by atoms with van der Waals surface area (Å²) in [6.07, 6.45) is 2.12. The predicted molar refractivity (Wildman–Crippen MR) is 129 cm³/mol. The molecule has 0 unspecified atom stereocenters. The lowest BCUT2D eigenvalue weighted by atomic mass is 9.98. The summed E-state index contributed by atoms with van der Waals surface area (Å²) in [4.78, 5) is 21.2. The normalized spacial score (nSPS) is 17.7. The molecule has 1 amide bonds. The number of carbonyl (C=O) groups is 1. The summed E-state index contributed by atoms with van der Waals surface area (Å²) in [5.41, 5.74) is 2.25. The molecule has 31 heavy (non-hydrogen) atoms. The number of fused-ring (bicyclic) bond motifs is 1. The van der Waals surface area contributed by atoms with Crippen LogP contribution in [-0.4, -0.2) is 35.4 Å². The number of nitrogens with zero attached hydrogens (tertiary/aromatic N) is 2. The zero-order valence-corrected chi connectivity index (χ0v) is 18.9. The van der Waals surface area contributed by atoms with E-state index in [1.807, 2.05) is 29.2 Å². The number of aromatic nitrogens is 1. The molecule has 0 aliphatic carbocycles. The molecule has 1 N–H and O–H groups in total. The average Bonchev–Trinajstić information content (AvgIpc) is 3.50. The van der Waals surface area contributed by atoms with Crippen LogP contribution in [0.4, 0.5) is 0 Å². The molecule has 0 spiro atoms. The molecule has 5 rings (SSSR count). The van der Waals surface area contributed by atoms with Crippen LogP contribution in [0.1, 0.15) is 40.2 Å². The molecule has 1 fully saturated rings. The maximum absolute atomic E-state index is 13.1. The van der Waals surface area contributed by atoms with Gasteiger partial charge in [0, 0.05) is 23.9 Å². The van der Waals surface area contributed by atoms with Crippen molar-refractivity contribution in [3.05, 3.63) is 87.6 Å². The smallest absolute Gasteiger partial charge is 0.236 e. The van der Waals surface area contributed by atoms with Crippen molar-refractivity contribution in [3.8, 4) is 0 Å². The number of likely N-dealkylation sites (tertiary alicyclic amines) is 1. The first kappa shape index (κ1) is 20.4. The van der Waals surface area contributed by atoms with Gasteiger partial charge in [-0.2, -0.15) is 0 Å². The van der Waals surface area contributed by atoms with Crippen molar-refractivity contribution in [1.29, 1.82) is 0 Å². The van der Waals surface area contributed by atoms with E-state index >= 15 is 0 Å². The Morgan fingerprint density at radius 3 is 2.74 bits per heavy atom. The fourth-order valence-corrected chi connectivity index (χ4v) is 6.17. The molecule has 0 bridgehead atoms. The topological polar surface area (TPSA) is 45.2 Å². The highest BCUT2D eigenvalue weighted by atomic mass is 32.1. The van der Waals surface area contributed by atoms with Crippen LogP contribution in [0.3, 0.4) is 0 Å². The first-order valence-electron chi connectivity index (χ1n) is 10.7. The zero-order chi connectivity index (χ0) is 21.0. The number of thiazole rings is 1. The van der Waals surface area contributed by atoms with Gasteiger partial charge in [-0.3, -0.25) is 10.1 Å². The van der Waals surface area contributed by atoms with Crippen molar-refractivity contribution in [2.24, 2.45) is 0 Å². The van der Waals surface area contributed by atoms with Gasteiger partial charge in [-0.1, -0.05) is 48.5 Å². The summed E-state index contributed by atoms with van der Waals surface area (Å²) in [7, 11) is 0. The van der Waals surface area contributed by atoms with Gasteiger partial charge < -0.3 is 4.90 Å². The summed E-state index contributed by atoms with van der Waals surface area (Å²) < 4.78 is 1.23. The Labute approximate surface area is 190 Å². The van der Waals surface area contributed by atoms with E-state index in [2.05, 4.69) is 53.2 Å². The molecular formula is C25H25N3OS2. The molecule has 4 aromatic rings. The minimum Gasteiger partial charge on any atom is -0.341 e. The fraction of sp³-hybridized carbons (Fsp3) is 0.280. The number of benzene rings is 2. The second-order valence-electron chi connectivity index (χ2n) is 7.94. The highest BCUT2D eigenvalue weighted by molar-refractivity contribution is 7.18. The SMILES string of the molecule is O=C(CN[C@@H](c1ccccc1)c1cccs1)N1CCC[C@H](c2nc3ccccc3s2)C1. The van der Waals surface area contributed by atoms with E-state index in [1.54, 1.807) is 22.7 Å². The Morgan fingerprint density at radius 1 is 1.10 bits per heavy atom. The van der Waals surface area contributed by atoms with Gasteiger partial charge in [-0.25, -0.2) is 4.98 Å². The van der Waals surface area contributed by atoms with Crippen molar-refractivity contribution in [1.82, 2.24) is 15.2 Å². The van der Waals surface area contributed by atoms with Crippen LogP contribution in [0, 0.1) is 0 Å². The van der Waals surface area contributed by atoms with Gasteiger partial charge in [-0.05, 0) is 42.0 Å². The number of piperidine rings is 1. The van der Waals surface area contributed by atoms with Crippen LogP contribution in [0.5, 0.6) is 0 Å². The van der Waals surface area contributed by atoms with Gasteiger partial charge in [0.05, 0.1) is 27.8 Å². The molecule has 158 valence electrons. The van der Waals surface area contributed by atoms with Gasteiger partial charge in [0.2, 0.25) is 5.91 Å². The first-order chi connectivity index (χ1) is 15.3. The fourth-order valence-electron chi connectivity index (χ4n) is 4.25. The van der Waals surface area contributed by atoms with E-state index in [9.17, 15) is 4.79 Å². The Kier molecular flexibility index (Phi) is 6.11. The predicted octanol–water partition coefficient (Wildman–Crippen LogP) is 5.44. The molecule has 2 aromatic heterocycles. The highest BCUT2D eigenvalue weighted by Gasteiger charge is 2.27. The first-order valence-corrected chi connectivity index (χ1v) is 12.4. The van der Waals surface area contributed by atoms with Crippen molar-refractivity contribution in [2.75, 3.05) is 19.6 Å². The van der Waals surface area contributed by atoms with Gasteiger partial charge in [0.15, 0.2) is 0 Å². The Bertz CT molecular complexity index is 1110. The minimum absolute atomic E-state index is 0.0370. The van der Waals surface area contributed by atoms with Crippen LogP contribution in [0.15, 0.2) is 72.1 Å². The van der Waals surface area contributed by atoms with E-state index in [1.165, 1.54) is 15.1 Å². The van der Waals surface area contributed by atoms with Gasteiger partial charge in [-0.15, -0.1) is 22.7 Å². The number of hydrogen-bond donors (Lipinski definition) is 1. The number of nitrogens with one attached hydrogen (secondary N) is 1. The second-order valence-corrected chi connectivity index (χ2v) is 9.98. The summed E-state index contributed by atoms with van der Waals surface area (Å²) in [6.45, 7) is 1.93. The molecule has 1 aliphatic rings. The van der Waals surface area contributed by atoms with Crippen LogP contribution in [-0.2, 0) is 4.79 Å². The largest absolute Gasteiger partial charge is 0.341 e. The Morgan fingerprint density at radius 2 is 1.94 bits per heavy atom. The number of hydrogen-bond acceptors (Lipinski definition) is 5. The maximum Gasteiger partial charge on any atom is 0.236 e. The summed E-state index contributed by atoms with van der Waals surface area (Å²) in [5, 5.41) is 6.76. The summed E-state index contributed by atoms with van der Waals surface area (Å²) in [6, 6.07) is 22.9. The third-order valence-corrected chi connectivity index (χ3v) is 7.99. The molecule has 1 saturated heterocycles. The number of rotatable bonds is 6. The lowest BCUT2D eigenvalue weighted by Crippen LogP contribution is -2.44. The zero-order valence-electron chi connectivity index (χ0n) is 17.2. The Hall–Kier alpha value is -2.54. The molecule has 4 nitrogen and oxygen atoms in total. The monoisotopic (exact) mass is 447 g/mol. The number of thiophene rings is 1. The van der Waals surface area contributed by atoms with Crippen molar-refractivity contribution < 1.29 is 4.79 Å². The average molecular weight is 448 g/mol.